The maximum Gasteiger partial charge on any atom is 0.278 e. The third-order valence-electron chi connectivity index (χ3n) is 5.78. The Labute approximate surface area is 200 Å². The zero-order valence-electron chi connectivity index (χ0n) is 19.7. The average molecular weight is 457 g/mol. The van der Waals surface area contributed by atoms with E-state index in [-0.39, 0.29) is 25.0 Å². The maximum atomic E-state index is 13.6. The van der Waals surface area contributed by atoms with E-state index in [1.807, 2.05) is 73.3 Å². The number of aryl methyl sites for hydroxylation is 1. The number of benzene rings is 3. The number of nitrogens with zero attached hydrogens (tertiary/aromatic N) is 2. The molecule has 0 N–H and O–H groups in total. The number of likely N-dealkylation sites (N-methyl/N-ethyl adjacent to an activating group) is 1. The number of carbonyl (C=O) groups is 2. The molecule has 3 aromatic carbocycles. The molecule has 0 aromatic heterocycles. The van der Waals surface area contributed by atoms with Gasteiger partial charge in [0.15, 0.2) is 0 Å². The fourth-order valence-corrected chi connectivity index (χ4v) is 4.00. The van der Waals surface area contributed by atoms with E-state index >= 15 is 0 Å². The monoisotopic (exact) mass is 456 g/mol. The van der Waals surface area contributed by atoms with Gasteiger partial charge in [-0.3, -0.25) is 14.5 Å². The van der Waals surface area contributed by atoms with Crippen molar-refractivity contribution in [1.29, 1.82) is 0 Å². The standard InChI is InChI=1S/C28H28N2O4/c1-4-29(22-8-6-5-7-9-22)26-25(21-12-10-20(2)11-13-21)27(31)30(28(26)32)18-19-34-24-16-14-23(33-3)15-17-24/h5-17H,4,18-19H2,1-3H3. The van der Waals surface area contributed by atoms with Crippen LogP contribution in [-0.4, -0.2) is 43.5 Å². The number of hydrogen-bond acceptors (Lipinski definition) is 5. The third kappa shape index (κ3) is 4.66. The van der Waals surface area contributed by atoms with Gasteiger partial charge in [0, 0.05) is 12.2 Å². The zero-order chi connectivity index (χ0) is 24.1. The first-order valence-electron chi connectivity index (χ1n) is 11.3. The van der Waals surface area contributed by atoms with E-state index in [9.17, 15) is 9.59 Å². The van der Waals surface area contributed by atoms with Crippen LogP contribution in [0.15, 0.2) is 84.6 Å². The van der Waals surface area contributed by atoms with Crippen molar-refractivity contribution in [1.82, 2.24) is 4.90 Å². The molecule has 0 saturated heterocycles. The first-order valence-corrected chi connectivity index (χ1v) is 11.3. The summed E-state index contributed by atoms with van der Waals surface area (Å²) >= 11 is 0. The Balaban J connectivity index is 1.62. The first kappa shape index (κ1) is 23.1. The lowest BCUT2D eigenvalue weighted by atomic mass is 10.0. The third-order valence-corrected chi connectivity index (χ3v) is 5.78. The molecule has 34 heavy (non-hydrogen) atoms. The lowest BCUT2D eigenvalue weighted by Gasteiger charge is -2.25. The molecule has 2 amide bonds. The van der Waals surface area contributed by atoms with Gasteiger partial charge in [-0.2, -0.15) is 0 Å². The van der Waals surface area contributed by atoms with Crippen LogP contribution in [0.1, 0.15) is 18.1 Å². The Bertz CT molecular complexity index is 1190. The Kier molecular flexibility index (Phi) is 6.97. The van der Waals surface area contributed by atoms with Crippen LogP contribution < -0.4 is 14.4 Å². The van der Waals surface area contributed by atoms with Crippen molar-refractivity contribution >= 4 is 23.1 Å². The van der Waals surface area contributed by atoms with E-state index in [0.717, 1.165) is 22.6 Å². The minimum atomic E-state index is -0.315. The summed E-state index contributed by atoms with van der Waals surface area (Å²) in [6, 6.07) is 24.5. The Morgan fingerprint density at radius 3 is 2.09 bits per heavy atom. The molecule has 6 nitrogen and oxygen atoms in total. The van der Waals surface area contributed by atoms with Crippen LogP contribution in [0.2, 0.25) is 0 Å². The molecule has 3 aromatic rings. The molecule has 0 radical (unpaired) electrons. The van der Waals surface area contributed by atoms with Crippen LogP contribution in [0.25, 0.3) is 5.57 Å². The second-order valence-electron chi connectivity index (χ2n) is 7.96. The molecule has 0 fully saturated rings. The van der Waals surface area contributed by atoms with Crippen LogP contribution >= 0.6 is 0 Å². The summed E-state index contributed by atoms with van der Waals surface area (Å²) in [4.78, 5) is 30.3. The largest absolute Gasteiger partial charge is 0.497 e. The van der Waals surface area contributed by atoms with Gasteiger partial charge in [-0.15, -0.1) is 0 Å². The van der Waals surface area contributed by atoms with E-state index in [1.165, 1.54) is 4.90 Å². The summed E-state index contributed by atoms with van der Waals surface area (Å²) in [6.45, 7) is 4.85. The molecule has 0 spiro atoms. The van der Waals surface area contributed by atoms with Crippen molar-refractivity contribution in [2.75, 3.05) is 31.7 Å². The quantitative estimate of drug-likeness (QED) is 0.437. The number of para-hydroxylation sites is 1. The van der Waals surface area contributed by atoms with E-state index < -0.39 is 0 Å². The number of anilines is 1. The minimum Gasteiger partial charge on any atom is -0.497 e. The minimum absolute atomic E-state index is 0.148. The summed E-state index contributed by atoms with van der Waals surface area (Å²) in [5.74, 6) is 0.752. The van der Waals surface area contributed by atoms with Gasteiger partial charge in [-0.1, -0.05) is 48.0 Å². The predicted octanol–water partition coefficient (Wildman–Crippen LogP) is 4.69. The number of hydrogen-bond donors (Lipinski definition) is 0. The average Bonchev–Trinajstić information content (AvgIpc) is 3.11. The number of methoxy groups -OCH3 is 1. The summed E-state index contributed by atoms with van der Waals surface area (Å²) in [6.07, 6.45) is 0. The Hall–Kier alpha value is -4.06. The second-order valence-corrected chi connectivity index (χ2v) is 7.96. The molecule has 1 heterocycles. The number of ether oxygens (including phenoxy) is 2. The fraction of sp³-hybridized carbons (Fsp3) is 0.214. The molecule has 0 unspecified atom stereocenters. The van der Waals surface area contributed by atoms with Crippen molar-refractivity contribution in [3.63, 3.8) is 0 Å². The molecule has 6 heteroatoms. The second kappa shape index (κ2) is 10.3. The van der Waals surface area contributed by atoms with Crippen LogP contribution in [0.5, 0.6) is 11.5 Å². The van der Waals surface area contributed by atoms with E-state index in [2.05, 4.69) is 0 Å². The van der Waals surface area contributed by atoms with Crippen molar-refractivity contribution in [3.05, 3.63) is 95.7 Å². The number of carbonyl (C=O) groups excluding carboxylic acids is 2. The van der Waals surface area contributed by atoms with Crippen LogP contribution in [-0.2, 0) is 9.59 Å². The molecule has 0 atom stereocenters. The van der Waals surface area contributed by atoms with E-state index in [1.54, 1.807) is 31.4 Å². The van der Waals surface area contributed by atoms with Gasteiger partial charge in [0.2, 0.25) is 0 Å². The van der Waals surface area contributed by atoms with Crippen LogP contribution in [0.3, 0.4) is 0 Å². The van der Waals surface area contributed by atoms with E-state index in [0.29, 0.717) is 23.6 Å². The van der Waals surface area contributed by atoms with Gasteiger partial charge in [0.25, 0.3) is 11.8 Å². The van der Waals surface area contributed by atoms with Gasteiger partial charge in [-0.25, -0.2) is 0 Å². The SMILES string of the molecule is CCN(C1=C(c2ccc(C)cc2)C(=O)N(CCOc2ccc(OC)cc2)C1=O)c1ccccc1. The normalized spacial score (nSPS) is 13.4. The molecule has 0 bridgehead atoms. The predicted molar refractivity (Wildman–Crippen MR) is 133 cm³/mol. The Morgan fingerprint density at radius 1 is 0.824 bits per heavy atom. The lowest BCUT2D eigenvalue weighted by molar-refractivity contribution is -0.137. The molecule has 174 valence electrons. The highest BCUT2D eigenvalue weighted by Crippen LogP contribution is 2.34. The van der Waals surface area contributed by atoms with Crippen LogP contribution in [0, 0.1) is 6.92 Å². The number of rotatable bonds is 9. The van der Waals surface area contributed by atoms with Gasteiger partial charge >= 0.3 is 0 Å². The van der Waals surface area contributed by atoms with Crippen molar-refractivity contribution < 1.29 is 19.1 Å². The van der Waals surface area contributed by atoms with Crippen molar-refractivity contribution in [3.8, 4) is 11.5 Å². The summed E-state index contributed by atoms with van der Waals surface area (Å²) in [5.41, 5.74) is 3.49. The molecule has 0 saturated carbocycles. The van der Waals surface area contributed by atoms with E-state index in [4.69, 9.17) is 9.47 Å². The highest BCUT2D eigenvalue weighted by atomic mass is 16.5. The first-order chi connectivity index (χ1) is 16.5. The van der Waals surface area contributed by atoms with Crippen molar-refractivity contribution in [2.45, 2.75) is 13.8 Å². The fourth-order valence-electron chi connectivity index (χ4n) is 4.00. The molecule has 1 aliphatic rings. The summed E-state index contributed by atoms with van der Waals surface area (Å²) in [7, 11) is 1.60. The number of amides is 2. The smallest absolute Gasteiger partial charge is 0.278 e. The highest BCUT2D eigenvalue weighted by molar-refractivity contribution is 6.36. The molecular formula is C28H28N2O4. The molecule has 0 aliphatic carbocycles. The summed E-state index contributed by atoms with van der Waals surface area (Å²) in [5, 5.41) is 0. The molecule has 1 aliphatic heterocycles. The van der Waals surface area contributed by atoms with Gasteiger partial charge in [-0.05, 0) is 55.8 Å². The van der Waals surface area contributed by atoms with Gasteiger partial charge in [0.1, 0.15) is 23.8 Å². The Morgan fingerprint density at radius 2 is 1.47 bits per heavy atom. The van der Waals surface area contributed by atoms with Crippen LogP contribution in [0.4, 0.5) is 5.69 Å². The lowest BCUT2D eigenvalue weighted by Crippen LogP contribution is -2.37. The molecular weight excluding hydrogens is 428 g/mol. The zero-order valence-corrected chi connectivity index (χ0v) is 19.7. The topological polar surface area (TPSA) is 59.1 Å². The number of imide groups is 1. The van der Waals surface area contributed by atoms with Gasteiger partial charge in [0.05, 0.1) is 19.2 Å². The maximum absolute atomic E-state index is 13.6. The summed E-state index contributed by atoms with van der Waals surface area (Å²) < 4.78 is 11.0. The van der Waals surface area contributed by atoms with Crippen molar-refractivity contribution in [2.24, 2.45) is 0 Å². The molecule has 4 rings (SSSR count). The van der Waals surface area contributed by atoms with Gasteiger partial charge < -0.3 is 14.4 Å². The highest BCUT2D eigenvalue weighted by Gasteiger charge is 2.41.